The van der Waals surface area contributed by atoms with Crippen molar-refractivity contribution in [2.45, 2.75) is 60.5 Å². The van der Waals surface area contributed by atoms with Gasteiger partial charge in [0.25, 0.3) is 0 Å². The monoisotopic (exact) mass is 367 g/mol. The van der Waals surface area contributed by atoms with Crippen LogP contribution in [0.2, 0.25) is 0 Å². The van der Waals surface area contributed by atoms with Gasteiger partial charge in [-0.15, -0.1) is 0 Å². The maximum absolute atomic E-state index is 4.65. The fourth-order valence-corrected chi connectivity index (χ4v) is 3.14. The molecule has 27 heavy (non-hydrogen) atoms. The van der Waals surface area contributed by atoms with E-state index in [0.717, 1.165) is 48.4 Å². The summed E-state index contributed by atoms with van der Waals surface area (Å²) in [5, 5.41) is 12.4. The van der Waals surface area contributed by atoms with Crippen molar-refractivity contribution in [3.05, 3.63) is 52.5 Å². The second-order valence-corrected chi connectivity index (χ2v) is 7.25. The molecule has 7 nitrogen and oxygen atoms in total. The van der Waals surface area contributed by atoms with E-state index in [4.69, 9.17) is 0 Å². The quantitative estimate of drug-likeness (QED) is 0.693. The Hall–Kier alpha value is -2.70. The molecular weight excluding hydrogens is 338 g/mol. The fourth-order valence-electron chi connectivity index (χ4n) is 3.14. The number of rotatable bonds is 7. The topological polar surface area (TPSA) is 73.5 Å². The lowest BCUT2D eigenvalue weighted by Crippen LogP contribution is -2.15. The molecule has 7 heteroatoms. The van der Waals surface area contributed by atoms with Crippen molar-refractivity contribution in [1.29, 1.82) is 0 Å². The van der Waals surface area contributed by atoms with Gasteiger partial charge in [-0.1, -0.05) is 6.92 Å². The minimum atomic E-state index is 0.249. The second-order valence-electron chi connectivity index (χ2n) is 7.25. The lowest BCUT2D eigenvalue weighted by Gasteiger charge is -2.15. The molecule has 0 unspecified atom stereocenters. The summed E-state index contributed by atoms with van der Waals surface area (Å²) in [6.07, 6.45) is 1.99. The molecular formula is C20H29N7. The number of anilines is 1. The zero-order valence-corrected chi connectivity index (χ0v) is 17.1. The minimum Gasteiger partial charge on any atom is -0.368 e. The highest BCUT2D eigenvalue weighted by Crippen LogP contribution is 2.20. The van der Waals surface area contributed by atoms with Gasteiger partial charge in [0.15, 0.2) is 0 Å². The molecule has 0 bridgehead atoms. The Labute approximate surface area is 160 Å². The first-order valence-electron chi connectivity index (χ1n) is 9.43. The first-order valence-corrected chi connectivity index (χ1v) is 9.43. The van der Waals surface area contributed by atoms with Crippen LogP contribution in [-0.2, 0) is 13.1 Å². The summed E-state index contributed by atoms with van der Waals surface area (Å²) < 4.78 is 4.02. The molecule has 0 saturated heterocycles. The van der Waals surface area contributed by atoms with Gasteiger partial charge < -0.3 is 5.32 Å². The van der Waals surface area contributed by atoms with E-state index in [-0.39, 0.29) is 5.92 Å². The van der Waals surface area contributed by atoms with Crippen LogP contribution in [0.1, 0.15) is 47.0 Å². The van der Waals surface area contributed by atoms with Crippen molar-refractivity contribution in [3.63, 3.8) is 0 Å². The SMILES string of the molecule is Cc1ccn(CCNc2cc([C@H](C)Cn3nc(C)c(C)c3C)nc(C)n2)n1. The Balaban J connectivity index is 1.67. The molecule has 0 aliphatic heterocycles. The first kappa shape index (κ1) is 19.1. The Morgan fingerprint density at radius 1 is 1.07 bits per heavy atom. The number of hydrogen-bond acceptors (Lipinski definition) is 5. The summed E-state index contributed by atoms with van der Waals surface area (Å²) >= 11 is 0. The summed E-state index contributed by atoms with van der Waals surface area (Å²) in [7, 11) is 0. The van der Waals surface area contributed by atoms with Gasteiger partial charge in [0.1, 0.15) is 11.6 Å². The normalized spacial score (nSPS) is 12.4. The van der Waals surface area contributed by atoms with Crippen molar-refractivity contribution in [2.24, 2.45) is 0 Å². The number of aryl methyl sites for hydroxylation is 3. The van der Waals surface area contributed by atoms with E-state index in [9.17, 15) is 0 Å². The average molecular weight is 368 g/mol. The molecule has 1 atom stereocenters. The molecule has 0 aliphatic carbocycles. The molecule has 3 aromatic heterocycles. The van der Waals surface area contributed by atoms with Crippen LogP contribution >= 0.6 is 0 Å². The first-order chi connectivity index (χ1) is 12.8. The zero-order chi connectivity index (χ0) is 19.6. The Morgan fingerprint density at radius 2 is 1.85 bits per heavy atom. The molecule has 0 spiro atoms. The van der Waals surface area contributed by atoms with E-state index >= 15 is 0 Å². The molecule has 0 aliphatic rings. The van der Waals surface area contributed by atoms with Gasteiger partial charge >= 0.3 is 0 Å². The number of nitrogens with zero attached hydrogens (tertiary/aromatic N) is 6. The maximum atomic E-state index is 4.65. The van der Waals surface area contributed by atoms with E-state index in [2.05, 4.69) is 57.9 Å². The van der Waals surface area contributed by atoms with Gasteiger partial charge in [-0.25, -0.2) is 9.97 Å². The van der Waals surface area contributed by atoms with Crippen LogP contribution in [-0.4, -0.2) is 36.1 Å². The predicted molar refractivity (Wildman–Crippen MR) is 107 cm³/mol. The summed E-state index contributed by atoms with van der Waals surface area (Å²) in [4.78, 5) is 9.17. The lowest BCUT2D eigenvalue weighted by molar-refractivity contribution is 0.519. The van der Waals surface area contributed by atoms with Gasteiger partial charge in [0.05, 0.1) is 23.6 Å². The van der Waals surface area contributed by atoms with E-state index in [1.807, 2.05) is 36.9 Å². The number of hydrogen-bond donors (Lipinski definition) is 1. The van der Waals surface area contributed by atoms with Gasteiger partial charge in [-0.05, 0) is 46.2 Å². The highest BCUT2D eigenvalue weighted by molar-refractivity contribution is 5.37. The standard InChI is InChI=1S/C20H29N7/c1-13(12-27-17(5)15(3)16(4)25-27)19-11-20(23-18(6)22-19)21-8-10-26-9-7-14(2)24-26/h7,9,11,13H,8,10,12H2,1-6H3,(H,21,22,23)/t13-/m1/s1. The Kier molecular flexibility index (Phi) is 5.58. The molecule has 0 saturated carbocycles. The van der Waals surface area contributed by atoms with Crippen LogP contribution in [0, 0.1) is 34.6 Å². The van der Waals surface area contributed by atoms with Crippen molar-refractivity contribution in [3.8, 4) is 0 Å². The molecule has 0 fully saturated rings. The highest BCUT2D eigenvalue weighted by Gasteiger charge is 2.14. The van der Waals surface area contributed by atoms with Crippen LogP contribution in [0.3, 0.4) is 0 Å². The van der Waals surface area contributed by atoms with Crippen molar-refractivity contribution >= 4 is 5.82 Å². The second kappa shape index (κ2) is 7.90. The van der Waals surface area contributed by atoms with Gasteiger partial charge in [-0.3, -0.25) is 9.36 Å². The van der Waals surface area contributed by atoms with E-state index < -0.39 is 0 Å². The number of nitrogens with one attached hydrogen (secondary N) is 1. The fraction of sp³-hybridized carbons (Fsp3) is 0.500. The van der Waals surface area contributed by atoms with Gasteiger partial charge in [0.2, 0.25) is 0 Å². The Morgan fingerprint density at radius 3 is 2.48 bits per heavy atom. The predicted octanol–water partition coefficient (Wildman–Crippen LogP) is 3.33. The number of aromatic nitrogens is 6. The molecule has 1 N–H and O–H groups in total. The van der Waals surface area contributed by atoms with Crippen LogP contribution in [0.25, 0.3) is 0 Å². The summed E-state index contributed by atoms with van der Waals surface area (Å²) in [6.45, 7) is 14.8. The molecule has 3 aromatic rings. The molecule has 3 rings (SSSR count). The summed E-state index contributed by atoms with van der Waals surface area (Å²) in [6, 6.07) is 4.06. The summed E-state index contributed by atoms with van der Waals surface area (Å²) in [5.41, 5.74) is 5.64. The molecule has 0 amide bonds. The van der Waals surface area contributed by atoms with Crippen LogP contribution in [0.15, 0.2) is 18.3 Å². The van der Waals surface area contributed by atoms with E-state index in [1.54, 1.807) is 0 Å². The van der Waals surface area contributed by atoms with Crippen molar-refractivity contribution in [2.75, 3.05) is 11.9 Å². The molecule has 3 heterocycles. The van der Waals surface area contributed by atoms with E-state index in [1.165, 1.54) is 11.3 Å². The molecule has 0 aromatic carbocycles. The largest absolute Gasteiger partial charge is 0.368 e. The third kappa shape index (κ3) is 4.53. The van der Waals surface area contributed by atoms with Crippen molar-refractivity contribution < 1.29 is 0 Å². The van der Waals surface area contributed by atoms with E-state index in [0.29, 0.717) is 0 Å². The van der Waals surface area contributed by atoms with Gasteiger partial charge in [0, 0.05) is 37.0 Å². The summed E-state index contributed by atoms with van der Waals surface area (Å²) in [5.74, 6) is 1.89. The molecule has 0 radical (unpaired) electrons. The van der Waals surface area contributed by atoms with Crippen LogP contribution in [0.5, 0.6) is 0 Å². The van der Waals surface area contributed by atoms with Crippen molar-refractivity contribution in [1.82, 2.24) is 29.5 Å². The third-order valence-electron chi connectivity index (χ3n) is 4.97. The average Bonchev–Trinajstić information content (AvgIpc) is 3.13. The van der Waals surface area contributed by atoms with Crippen LogP contribution in [0.4, 0.5) is 5.82 Å². The van der Waals surface area contributed by atoms with Crippen LogP contribution < -0.4 is 5.32 Å². The smallest absolute Gasteiger partial charge is 0.129 e. The lowest BCUT2D eigenvalue weighted by atomic mass is 10.1. The molecule has 144 valence electrons. The Bertz CT molecular complexity index is 923. The highest BCUT2D eigenvalue weighted by atomic mass is 15.3. The maximum Gasteiger partial charge on any atom is 0.129 e. The minimum absolute atomic E-state index is 0.249. The third-order valence-corrected chi connectivity index (χ3v) is 4.97. The van der Waals surface area contributed by atoms with Gasteiger partial charge in [-0.2, -0.15) is 10.2 Å². The zero-order valence-electron chi connectivity index (χ0n) is 17.1.